The second-order valence-electron chi connectivity index (χ2n) is 9.69. The van der Waals surface area contributed by atoms with Gasteiger partial charge in [0.05, 0.1) is 19.1 Å². The van der Waals surface area contributed by atoms with E-state index in [2.05, 4.69) is 24.0 Å². The summed E-state index contributed by atoms with van der Waals surface area (Å²) in [7, 11) is 1.36. The van der Waals surface area contributed by atoms with Crippen molar-refractivity contribution in [2.24, 2.45) is 11.7 Å². The van der Waals surface area contributed by atoms with Crippen LogP contribution < -0.4 is 11.1 Å². The maximum atomic E-state index is 13.4. The average Bonchev–Trinajstić information content (AvgIpc) is 2.99. The van der Waals surface area contributed by atoms with Crippen LogP contribution in [0.2, 0.25) is 0 Å². The van der Waals surface area contributed by atoms with Gasteiger partial charge in [-0.2, -0.15) is 0 Å². The first-order chi connectivity index (χ1) is 19.4. The van der Waals surface area contributed by atoms with E-state index >= 15 is 0 Å². The quantitative estimate of drug-likeness (QED) is 0.231. The molecular formula is C35H34N2O3. The van der Waals surface area contributed by atoms with E-state index in [0.29, 0.717) is 17.7 Å². The number of esters is 1. The Kier molecular flexibility index (Phi) is 9.67. The summed E-state index contributed by atoms with van der Waals surface area (Å²) < 4.78 is 5.19. The SMILES string of the molecule is C=C(N)c1cccc(CC(C(=O)OC)C(/C=C/c2ccccc2)NC(=O)c2ccc(Cc3ccccc3)cc2)c1. The van der Waals surface area contributed by atoms with Crippen LogP contribution in [0.5, 0.6) is 0 Å². The van der Waals surface area contributed by atoms with Crippen LogP contribution in [0.15, 0.2) is 122 Å². The highest BCUT2D eigenvalue weighted by Crippen LogP contribution is 2.20. The van der Waals surface area contributed by atoms with Gasteiger partial charge in [-0.25, -0.2) is 0 Å². The van der Waals surface area contributed by atoms with Gasteiger partial charge in [0, 0.05) is 11.3 Å². The molecule has 0 aliphatic rings. The number of methoxy groups -OCH3 is 1. The predicted octanol–water partition coefficient (Wildman–Crippen LogP) is 6.05. The molecule has 0 spiro atoms. The number of carbonyl (C=O) groups excluding carboxylic acids is 2. The highest BCUT2D eigenvalue weighted by Gasteiger charge is 2.29. The van der Waals surface area contributed by atoms with Gasteiger partial charge in [-0.05, 0) is 58.9 Å². The molecule has 0 aliphatic carbocycles. The number of carbonyl (C=O) groups is 2. The lowest BCUT2D eigenvalue weighted by Gasteiger charge is -2.24. The van der Waals surface area contributed by atoms with Crippen molar-refractivity contribution in [2.75, 3.05) is 7.11 Å². The molecular weight excluding hydrogens is 496 g/mol. The molecule has 0 saturated carbocycles. The molecule has 4 aromatic rings. The monoisotopic (exact) mass is 530 g/mol. The zero-order valence-corrected chi connectivity index (χ0v) is 22.6. The molecule has 0 bridgehead atoms. The van der Waals surface area contributed by atoms with Gasteiger partial charge < -0.3 is 15.8 Å². The van der Waals surface area contributed by atoms with E-state index in [1.807, 2.05) is 109 Å². The van der Waals surface area contributed by atoms with Crippen molar-refractivity contribution in [3.63, 3.8) is 0 Å². The van der Waals surface area contributed by atoms with Crippen LogP contribution >= 0.6 is 0 Å². The maximum absolute atomic E-state index is 13.4. The number of amides is 1. The molecule has 5 heteroatoms. The molecule has 1 amide bonds. The summed E-state index contributed by atoms with van der Waals surface area (Å²) in [5.41, 5.74) is 11.8. The highest BCUT2D eigenvalue weighted by molar-refractivity contribution is 5.95. The lowest BCUT2D eigenvalue weighted by atomic mass is 9.90. The molecule has 4 rings (SSSR count). The summed E-state index contributed by atoms with van der Waals surface area (Å²) in [5, 5.41) is 3.08. The summed E-state index contributed by atoms with van der Waals surface area (Å²) in [5.74, 6) is -1.36. The number of benzene rings is 4. The molecule has 0 radical (unpaired) electrons. The Bertz CT molecular complexity index is 1460. The van der Waals surface area contributed by atoms with E-state index in [9.17, 15) is 9.59 Å². The topological polar surface area (TPSA) is 81.4 Å². The molecule has 0 aliphatic heterocycles. The molecule has 2 atom stereocenters. The Morgan fingerprint density at radius 1 is 0.825 bits per heavy atom. The van der Waals surface area contributed by atoms with Crippen LogP contribution in [0.4, 0.5) is 0 Å². The number of rotatable bonds is 11. The van der Waals surface area contributed by atoms with Gasteiger partial charge in [-0.3, -0.25) is 9.59 Å². The van der Waals surface area contributed by atoms with E-state index in [1.165, 1.54) is 12.7 Å². The first-order valence-corrected chi connectivity index (χ1v) is 13.2. The minimum atomic E-state index is -0.674. The molecule has 4 aromatic carbocycles. The van der Waals surface area contributed by atoms with Gasteiger partial charge in [0.1, 0.15) is 0 Å². The number of hydrogen-bond acceptors (Lipinski definition) is 4. The standard InChI is InChI=1S/C35H34N2O3/c1-25(36)31-15-9-14-29(23-31)24-32(35(39)40-2)33(21-18-26-10-5-3-6-11-26)37-34(38)30-19-16-28(17-20-30)22-27-12-7-4-8-13-27/h3-21,23,32-33H,1,22,24,36H2,2H3,(H,37,38)/b21-18+. The van der Waals surface area contributed by atoms with Crippen molar-refractivity contribution in [1.29, 1.82) is 0 Å². The third kappa shape index (κ3) is 7.81. The Morgan fingerprint density at radius 3 is 2.10 bits per heavy atom. The van der Waals surface area contributed by atoms with Crippen molar-refractivity contribution in [2.45, 2.75) is 18.9 Å². The molecule has 202 valence electrons. The largest absolute Gasteiger partial charge is 0.469 e. The van der Waals surface area contributed by atoms with Crippen molar-refractivity contribution in [1.82, 2.24) is 5.32 Å². The van der Waals surface area contributed by atoms with Crippen LogP contribution in [-0.2, 0) is 22.4 Å². The molecule has 0 saturated heterocycles. The van der Waals surface area contributed by atoms with Gasteiger partial charge >= 0.3 is 5.97 Å². The summed E-state index contributed by atoms with van der Waals surface area (Å²) in [6.07, 6.45) is 4.88. The Morgan fingerprint density at radius 2 is 1.45 bits per heavy atom. The Labute approximate surface area is 236 Å². The van der Waals surface area contributed by atoms with Gasteiger partial charge in [-0.1, -0.05) is 110 Å². The van der Waals surface area contributed by atoms with E-state index in [-0.39, 0.29) is 5.91 Å². The predicted molar refractivity (Wildman–Crippen MR) is 161 cm³/mol. The zero-order chi connectivity index (χ0) is 28.3. The van der Waals surface area contributed by atoms with Crippen LogP contribution in [-0.4, -0.2) is 25.0 Å². The fourth-order valence-electron chi connectivity index (χ4n) is 4.56. The van der Waals surface area contributed by atoms with Crippen LogP contribution in [0, 0.1) is 5.92 Å². The molecule has 3 N–H and O–H groups in total. The van der Waals surface area contributed by atoms with E-state index < -0.39 is 17.9 Å². The molecule has 5 nitrogen and oxygen atoms in total. The maximum Gasteiger partial charge on any atom is 0.311 e. The number of ether oxygens (including phenoxy) is 1. The summed E-state index contributed by atoms with van der Waals surface area (Å²) >= 11 is 0. The van der Waals surface area contributed by atoms with Gasteiger partial charge in [-0.15, -0.1) is 0 Å². The average molecular weight is 531 g/mol. The lowest BCUT2D eigenvalue weighted by molar-refractivity contribution is -0.145. The van der Waals surface area contributed by atoms with Gasteiger partial charge in [0.25, 0.3) is 5.91 Å². The van der Waals surface area contributed by atoms with Crippen LogP contribution in [0.3, 0.4) is 0 Å². The van der Waals surface area contributed by atoms with Crippen molar-refractivity contribution >= 4 is 23.6 Å². The molecule has 0 fully saturated rings. The summed E-state index contributed by atoms with van der Waals surface area (Å²) in [4.78, 5) is 26.5. The number of nitrogens with one attached hydrogen (secondary N) is 1. The summed E-state index contributed by atoms with van der Waals surface area (Å²) in [6.45, 7) is 3.82. The van der Waals surface area contributed by atoms with Crippen molar-refractivity contribution < 1.29 is 14.3 Å². The van der Waals surface area contributed by atoms with E-state index in [4.69, 9.17) is 10.5 Å². The van der Waals surface area contributed by atoms with Crippen molar-refractivity contribution in [3.05, 3.63) is 155 Å². The Balaban J connectivity index is 1.59. The third-order valence-corrected chi connectivity index (χ3v) is 6.75. The van der Waals surface area contributed by atoms with Crippen molar-refractivity contribution in [3.8, 4) is 0 Å². The molecule has 0 heterocycles. The second kappa shape index (κ2) is 13.8. The minimum absolute atomic E-state index is 0.271. The summed E-state index contributed by atoms with van der Waals surface area (Å²) in [6, 6.07) is 34.4. The van der Waals surface area contributed by atoms with E-state index in [0.717, 1.165) is 28.7 Å². The van der Waals surface area contributed by atoms with E-state index in [1.54, 1.807) is 0 Å². The number of hydrogen-bond donors (Lipinski definition) is 2. The van der Waals surface area contributed by atoms with Gasteiger partial charge in [0.15, 0.2) is 0 Å². The molecule has 2 unspecified atom stereocenters. The fourth-order valence-corrected chi connectivity index (χ4v) is 4.56. The molecule has 40 heavy (non-hydrogen) atoms. The fraction of sp³-hybridized carbons (Fsp3) is 0.143. The lowest BCUT2D eigenvalue weighted by Crippen LogP contribution is -2.43. The minimum Gasteiger partial charge on any atom is -0.469 e. The Hall–Kier alpha value is -4.90. The first-order valence-electron chi connectivity index (χ1n) is 13.2. The smallest absolute Gasteiger partial charge is 0.311 e. The number of nitrogens with two attached hydrogens (primary N) is 1. The first kappa shape index (κ1) is 28.1. The van der Waals surface area contributed by atoms with Gasteiger partial charge in [0.2, 0.25) is 0 Å². The second-order valence-corrected chi connectivity index (χ2v) is 9.69. The molecule has 0 aromatic heterocycles. The third-order valence-electron chi connectivity index (χ3n) is 6.75. The van der Waals surface area contributed by atoms with Crippen LogP contribution in [0.25, 0.3) is 11.8 Å². The normalized spacial score (nSPS) is 12.4. The highest BCUT2D eigenvalue weighted by atomic mass is 16.5. The zero-order valence-electron chi connectivity index (χ0n) is 22.6. The van der Waals surface area contributed by atoms with Crippen LogP contribution in [0.1, 0.15) is 38.2 Å².